The van der Waals surface area contributed by atoms with Gasteiger partial charge >= 0.3 is 0 Å². The van der Waals surface area contributed by atoms with E-state index in [4.69, 9.17) is 0 Å². The maximum Gasteiger partial charge on any atom is -0.00438 e. The zero-order chi connectivity index (χ0) is 12.8. The summed E-state index contributed by atoms with van der Waals surface area (Å²) in [6.07, 6.45) is 11.4. The Morgan fingerprint density at radius 2 is 1.67 bits per heavy atom. The lowest BCUT2D eigenvalue weighted by atomic mass is 9.93. The molecule has 0 heteroatoms. The fraction of sp³-hybridized carbons (Fsp3) is 0.667. The van der Waals surface area contributed by atoms with Crippen molar-refractivity contribution in [2.45, 2.75) is 70.6 Å². The van der Waals surface area contributed by atoms with E-state index in [0.29, 0.717) is 5.41 Å². The molecular weight excluding hydrogens is 216 g/mol. The standard InChI is InChI=1S/C18H28/c1-3-4-5-6-7-9-14-17-15-18(17,2)16-12-10-8-11-13-16/h8,10-13,17H,3-7,9,14-15H2,1-2H3/t17-,18-/m0/s1. The van der Waals surface area contributed by atoms with Crippen LogP contribution >= 0.6 is 0 Å². The maximum atomic E-state index is 2.45. The van der Waals surface area contributed by atoms with Gasteiger partial charge < -0.3 is 0 Å². The van der Waals surface area contributed by atoms with Crippen LogP contribution < -0.4 is 0 Å². The Morgan fingerprint density at radius 3 is 2.39 bits per heavy atom. The largest absolute Gasteiger partial charge is 0.0654 e. The first-order chi connectivity index (χ1) is 8.77. The molecule has 1 aliphatic carbocycles. The number of hydrogen-bond acceptors (Lipinski definition) is 0. The zero-order valence-electron chi connectivity index (χ0n) is 12.1. The van der Waals surface area contributed by atoms with Gasteiger partial charge in [-0.25, -0.2) is 0 Å². The average Bonchev–Trinajstić information content (AvgIpc) is 3.07. The molecule has 0 saturated heterocycles. The van der Waals surface area contributed by atoms with Gasteiger partial charge in [-0.05, 0) is 29.7 Å². The lowest BCUT2D eigenvalue weighted by Gasteiger charge is -2.11. The van der Waals surface area contributed by atoms with Crippen LogP contribution in [0.2, 0.25) is 0 Å². The van der Waals surface area contributed by atoms with Crippen molar-refractivity contribution >= 4 is 0 Å². The van der Waals surface area contributed by atoms with Gasteiger partial charge in [-0.15, -0.1) is 0 Å². The van der Waals surface area contributed by atoms with Crippen LogP contribution in [0, 0.1) is 5.92 Å². The summed E-state index contributed by atoms with van der Waals surface area (Å²) in [6, 6.07) is 11.1. The van der Waals surface area contributed by atoms with Crippen LogP contribution in [0.1, 0.15) is 70.8 Å². The first-order valence-corrected chi connectivity index (χ1v) is 7.83. The molecule has 0 aromatic heterocycles. The van der Waals surface area contributed by atoms with Gasteiger partial charge in [-0.2, -0.15) is 0 Å². The molecule has 0 bridgehead atoms. The lowest BCUT2D eigenvalue weighted by Crippen LogP contribution is -2.03. The molecule has 0 nitrogen and oxygen atoms in total. The van der Waals surface area contributed by atoms with E-state index in [9.17, 15) is 0 Å². The molecule has 0 radical (unpaired) electrons. The van der Waals surface area contributed by atoms with Crippen LogP contribution in [0.4, 0.5) is 0 Å². The van der Waals surface area contributed by atoms with Crippen molar-refractivity contribution in [1.29, 1.82) is 0 Å². The van der Waals surface area contributed by atoms with E-state index in [0.717, 1.165) is 5.92 Å². The van der Waals surface area contributed by atoms with Crippen molar-refractivity contribution in [3.63, 3.8) is 0 Å². The summed E-state index contributed by atoms with van der Waals surface area (Å²) < 4.78 is 0. The Balaban J connectivity index is 1.65. The van der Waals surface area contributed by atoms with Crippen LogP contribution in [-0.4, -0.2) is 0 Å². The SMILES string of the molecule is CCCCCCCC[C@H]1C[C@@]1(C)c1ccccc1. The van der Waals surface area contributed by atoms with E-state index in [1.165, 1.54) is 51.4 Å². The smallest absolute Gasteiger partial charge is 0.00438 e. The fourth-order valence-electron chi connectivity index (χ4n) is 3.22. The second-order valence-electron chi connectivity index (χ2n) is 6.24. The summed E-state index contributed by atoms with van der Waals surface area (Å²) in [7, 11) is 0. The second kappa shape index (κ2) is 6.41. The molecule has 1 saturated carbocycles. The Bertz CT molecular complexity index is 340. The minimum absolute atomic E-state index is 0.505. The summed E-state index contributed by atoms with van der Waals surface area (Å²) >= 11 is 0. The Kier molecular flexibility index (Phi) is 4.86. The van der Waals surface area contributed by atoms with Gasteiger partial charge in [0.05, 0.1) is 0 Å². The third-order valence-corrected chi connectivity index (χ3v) is 4.75. The van der Waals surface area contributed by atoms with Crippen molar-refractivity contribution in [2.24, 2.45) is 5.92 Å². The molecule has 0 amide bonds. The van der Waals surface area contributed by atoms with E-state index in [-0.39, 0.29) is 0 Å². The topological polar surface area (TPSA) is 0 Å². The van der Waals surface area contributed by atoms with Gasteiger partial charge in [0.2, 0.25) is 0 Å². The van der Waals surface area contributed by atoms with Crippen LogP contribution in [0.5, 0.6) is 0 Å². The molecular formula is C18H28. The van der Waals surface area contributed by atoms with Gasteiger partial charge in [0, 0.05) is 0 Å². The highest BCUT2D eigenvalue weighted by atomic mass is 14.5. The van der Waals surface area contributed by atoms with Gasteiger partial charge in [-0.3, -0.25) is 0 Å². The third-order valence-electron chi connectivity index (χ3n) is 4.75. The molecule has 0 heterocycles. The van der Waals surface area contributed by atoms with Crippen molar-refractivity contribution in [3.05, 3.63) is 35.9 Å². The van der Waals surface area contributed by atoms with Crippen molar-refractivity contribution in [2.75, 3.05) is 0 Å². The minimum atomic E-state index is 0.505. The predicted molar refractivity (Wildman–Crippen MR) is 79.9 cm³/mol. The van der Waals surface area contributed by atoms with E-state index in [1.807, 2.05) is 0 Å². The lowest BCUT2D eigenvalue weighted by molar-refractivity contribution is 0.537. The van der Waals surface area contributed by atoms with Crippen LogP contribution in [0.25, 0.3) is 0 Å². The molecule has 0 aliphatic heterocycles. The number of benzene rings is 1. The summed E-state index contributed by atoms with van der Waals surface area (Å²) in [6.45, 7) is 4.74. The molecule has 2 atom stereocenters. The number of unbranched alkanes of at least 4 members (excludes halogenated alkanes) is 5. The highest BCUT2D eigenvalue weighted by Gasteiger charge is 2.49. The van der Waals surface area contributed by atoms with E-state index in [1.54, 1.807) is 5.56 Å². The maximum absolute atomic E-state index is 2.45. The molecule has 2 rings (SSSR count). The molecule has 0 N–H and O–H groups in total. The minimum Gasteiger partial charge on any atom is -0.0654 e. The Labute approximate surface area is 113 Å². The predicted octanol–water partition coefficient (Wildman–Crippen LogP) is 5.71. The summed E-state index contributed by atoms with van der Waals surface area (Å²) in [5.74, 6) is 0.950. The van der Waals surface area contributed by atoms with Gasteiger partial charge in [-0.1, -0.05) is 82.7 Å². The first kappa shape index (κ1) is 13.6. The molecule has 0 spiro atoms. The monoisotopic (exact) mass is 244 g/mol. The molecule has 1 fully saturated rings. The number of rotatable bonds is 8. The summed E-state index contributed by atoms with van der Waals surface area (Å²) in [5.41, 5.74) is 2.06. The van der Waals surface area contributed by atoms with Gasteiger partial charge in [0.15, 0.2) is 0 Å². The van der Waals surface area contributed by atoms with Crippen LogP contribution in [0.15, 0.2) is 30.3 Å². The van der Waals surface area contributed by atoms with Crippen molar-refractivity contribution in [3.8, 4) is 0 Å². The van der Waals surface area contributed by atoms with Crippen LogP contribution in [-0.2, 0) is 5.41 Å². The Morgan fingerprint density at radius 1 is 1.00 bits per heavy atom. The molecule has 1 aromatic rings. The fourth-order valence-corrected chi connectivity index (χ4v) is 3.22. The third kappa shape index (κ3) is 3.37. The number of hydrogen-bond donors (Lipinski definition) is 0. The zero-order valence-corrected chi connectivity index (χ0v) is 12.1. The van der Waals surface area contributed by atoms with Gasteiger partial charge in [0.1, 0.15) is 0 Å². The van der Waals surface area contributed by atoms with Crippen molar-refractivity contribution < 1.29 is 0 Å². The molecule has 1 aromatic carbocycles. The molecule has 100 valence electrons. The van der Waals surface area contributed by atoms with Crippen LogP contribution in [0.3, 0.4) is 0 Å². The first-order valence-electron chi connectivity index (χ1n) is 7.83. The van der Waals surface area contributed by atoms with Crippen molar-refractivity contribution in [1.82, 2.24) is 0 Å². The van der Waals surface area contributed by atoms with E-state index >= 15 is 0 Å². The van der Waals surface area contributed by atoms with E-state index < -0.39 is 0 Å². The highest BCUT2D eigenvalue weighted by molar-refractivity contribution is 5.32. The summed E-state index contributed by atoms with van der Waals surface area (Å²) in [5, 5.41) is 0. The highest BCUT2D eigenvalue weighted by Crippen LogP contribution is 2.56. The van der Waals surface area contributed by atoms with E-state index in [2.05, 4.69) is 44.2 Å². The molecule has 1 aliphatic rings. The molecule has 18 heavy (non-hydrogen) atoms. The average molecular weight is 244 g/mol. The van der Waals surface area contributed by atoms with Gasteiger partial charge in [0.25, 0.3) is 0 Å². The quantitative estimate of drug-likeness (QED) is 0.513. The second-order valence-corrected chi connectivity index (χ2v) is 6.24. The summed E-state index contributed by atoms with van der Waals surface area (Å²) in [4.78, 5) is 0. The normalized spacial score (nSPS) is 26.2. The molecule has 0 unspecified atom stereocenters. The Hall–Kier alpha value is -0.780.